The van der Waals surface area contributed by atoms with Crippen molar-refractivity contribution in [1.82, 2.24) is 5.01 Å². The predicted octanol–water partition coefficient (Wildman–Crippen LogP) is 1.53. The van der Waals surface area contributed by atoms with Crippen LogP contribution < -0.4 is 15.3 Å². The minimum atomic E-state index is -0.287. The molecule has 3 rings (SSSR count). The smallest absolute Gasteiger partial charge is 0.280 e. The van der Waals surface area contributed by atoms with Gasteiger partial charge in [0.05, 0.1) is 4.91 Å². The molecule has 1 saturated heterocycles. The molecular weight excluding hydrogens is 284 g/mol. The molecule has 0 saturated carbocycles. The van der Waals surface area contributed by atoms with Crippen LogP contribution in [0.3, 0.4) is 0 Å². The number of hydrogen-bond donors (Lipinski definition) is 1. The maximum atomic E-state index is 11.8. The van der Waals surface area contributed by atoms with Crippen LogP contribution in [0.1, 0.15) is 5.56 Å². The number of amides is 1. The molecule has 0 spiro atoms. The lowest BCUT2D eigenvalue weighted by atomic mass is 10.2. The predicted molar refractivity (Wildman–Crippen MR) is 76.6 cm³/mol. The molecule has 2 heterocycles. The van der Waals surface area contributed by atoms with E-state index in [-0.39, 0.29) is 5.91 Å². The molecule has 0 atom stereocenters. The summed E-state index contributed by atoms with van der Waals surface area (Å²) >= 11 is 6.15. The second-order valence-corrected chi connectivity index (χ2v) is 5.63. The van der Waals surface area contributed by atoms with Crippen molar-refractivity contribution >= 4 is 40.3 Å². The van der Waals surface area contributed by atoms with E-state index in [1.54, 1.807) is 6.08 Å². The molecule has 19 heavy (non-hydrogen) atoms. The number of thiocarbonyl (C=S) groups is 1. The maximum Gasteiger partial charge on any atom is 0.280 e. The summed E-state index contributed by atoms with van der Waals surface area (Å²) in [6.07, 6.45) is 1.74. The minimum absolute atomic E-state index is 0.287. The van der Waals surface area contributed by atoms with Crippen LogP contribution in [0.5, 0.6) is 11.5 Å². The van der Waals surface area contributed by atoms with E-state index >= 15 is 0 Å². The summed E-state index contributed by atoms with van der Waals surface area (Å²) in [5.41, 5.74) is 0.846. The van der Waals surface area contributed by atoms with Gasteiger partial charge in [-0.3, -0.25) is 4.79 Å². The van der Waals surface area contributed by atoms with Crippen LogP contribution in [-0.4, -0.2) is 28.5 Å². The van der Waals surface area contributed by atoms with Crippen LogP contribution in [-0.2, 0) is 4.79 Å². The van der Waals surface area contributed by atoms with E-state index < -0.39 is 0 Å². The zero-order valence-electron chi connectivity index (χ0n) is 9.79. The Morgan fingerprint density at radius 3 is 2.74 bits per heavy atom. The lowest BCUT2D eigenvalue weighted by molar-refractivity contribution is -0.122. The van der Waals surface area contributed by atoms with Crippen molar-refractivity contribution in [2.75, 3.05) is 13.2 Å². The van der Waals surface area contributed by atoms with Gasteiger partial charge in [-0.1, -0.05) is 30.0 Å². The first-order chi connectivity index (χ1) is 9.15. The Hall–Kier alpha value is -1.57. The number of benzene rings is 1. The van der Waals surface area contributed by atoms with Gasteiger partial charge in [0.25, 0.3) is 5.91 Å². The number of rotatable bonds is 1. The van der Waals surface area contributed by atoms with Crippen LogP contribution in [0, 0.1) is 0 Å². The second kappa shape index (κ2) is 4.84. The first-order valence-corrected chi connectivity index (χ1v) is 6.80. The van der Waals surface area contributed by atoms with Crippen LogP contribution in [0.15, 0.2) is 23.1 Å². The molecule has 2 N–H and O–H groups in total. The van der Waals surface area contributed by atoms with Gasteiger partial charge in [0.15, 0.2) is 15.8 Å². The van der Waals surface area contributed by atoms with Crippen LogP contribution >= 0.6 is 24.0 Å². The van der Waals surface area contributed by atoms with Crippen molar-refractivity contribution in [2.24, 2.45) is 5.84 Å². The third kappa shape index (κ3) is 2.32. The minimum Gasteiger partial charge on any atom is -0.486 e. The fourth-order valence-electron chi connectivity index (χ4n) is 1.78. The summed E-state index contributed by atoms with van der Waals surface area (Å²) in [5.74, 6) is 6.63. The number of fused-ring (bicyclic) bond motifs is 1. The number of nitrogens with zero attached hydrogens (tertiary/aromatic N) is 1. The highest BCUT2D eigenvalue weighted by Crippen LogP contribution is 2.34. The molecule has 0 unspecified atom stereocenters. The number of carbonyl (C=O) groups excluding carboxylic acids is 1. The Morgan fingerprint density at radius 2 is 2.05 bits per heavy atom. The van der Waals surface area contributed by atoms with E-state index in [1.165, 1.54) is 11.8 Å². The summed E-state index contributed by atoms with van der Waals surface area (Å²) in [4.78, 5) is 12.3. The largest absolute Gasteiger partial charge is 0.486 e. The summed E-state index contributed by atoms with van der Waals surface area (Å²) in [6, 6.07) is 5.51. The SMILES string of the molecule is NN1C(=O)C(=Cc2ccc3c(c2)OCCO3)SC1=S. The van der Waals surface area contributed by atoms with E-state index in [9.17, 15) is 4.79 Å². The zero-order valence-corrected chi connectivity index (χ0v) is 11.4. The summed E-state index contributed by atoms with van der Waals surface area (Å²) in [7, 11) is 0. The summed E-state index contributed by atoms with van der Waals surface area (Å²) in [6.45, 7) is 1.08. The molecule has 98 valence electrons. The molecule has 7 heteroatoms. The highest BCUT2D eigenvalue weighted by molar-refractivity contribution is 8.26. The maximum absolute atomic E-state index is 11.8. The molecule has 1 aromatic rings. The van der Waals surface area contributed by atoms with Crippen LogP contribution in [0.2, 0.25) is 0 Å². The highest BCUT2D eigenvalue weighted by Gasteiger charge is 2.29. The number of thioether (sulfide) groups is 1. The van der Waals surface area contributed by atoms with Crippen molar-refractivity contribution in [3.8, 4) is 11.5 Å². The molecule has 0 radical (unpaired) electrons. The molecule has 2 aliphatic heterocycles. The number of ether oxygens (including phenoxy) is 2. The Bertz CT molecular complexity index is 601. The van der Waals surface area contributed by atoms with E-state index in [4.69, 9.17) is 27.5 Å². The van der Waals surface area contributed by atoms with Crippen molar-refractivity contribution in [3.63, 3.8) is 0 Å². The normalized spacial score (nSPS) is 20.3. The molecular formula is C12H10N2O3S2. The molecule has 0 bridgehead atoms. The van der Waals surface area contributed by atoms with Gasteiger partial charge in [-0.2, -0.15) is 0 Å². The highest BCUT2D eigenvalue weighted by atomic mass is 32.2. The molecule has 0 aromatic heterocycles. The molecule has 1 aromatic carbocycles. The van der Waals surface area contributed by atoms with Gasteiger partial charge in [0, 0.05) is 0 Å². The Balaban J connectivity index is 1.91. The first-order valence-electron chi connectivity index (χ1n) is 5.57. The molecule has 1 fully saturated rings. The van der Waals surface area contributed by atoms with Crippen LogP contribution in [0.25, 0.3) is 6.08 Å². The molecule has 1 amide bonds. The van der Waals surface area contributed by atoms with Gasteiger partial charge in [-0.05, 0) is 23.8 Å². The quantitative estimate of drug-likeness (QED) is 0.367. The molecule has 5 nitrogen and oxygen atoms in total. The van der Waals surface area contributed by atoms with Crippen molar-refractivity contribution in [2.45, 2.75) is 0 Å². The number of hydrazine groups is 1. The third-order valence-electron chi connectivity index (χ3n) is 2.69. The molecule has 2 aliphatic rings. The van der Waals surface area contributed by atoms with Gasteiger partial charge in [0.1, 0.15) is 13.2 Å². The number of hydrogen-bond acceptors (Lipinski definition) is 6. The summed E-state index contributed by atoms with van der Waals surface area (Å²) in [5, 5.41) is 0.976. The van der Waals surface area contributed by atoms with E-state index in [0.717, 1.165) is 16.3 Å². The lowest BCUT2D eigenvalue weighted by Crippen LogP contribution is -2.34. The fraction of sp³-hybridized carbons (Fsp3) is 0.167. The topological polar surface area (TPSA) is 64.8 Å². The Morgan fingerprint density at radius 1 is 1.32 bits per heavy atom. The van der Waals surface area contributed by atoms with Crippen molar-refractivity contribution in [1.29, 1.82) is 0 Å². The second-order valence-electron chi connectivity index (χ2n) is 3.95. The fourth-order valence-corrected chi connectivity index (χ4v) is 2.88. The first kappa shape index (κ1) is 12.5. The average molecular weight is 294 g/mol. The molecule has 0 aliphatic carbocycles. The van der Waals surface area contributed by atoms with Gasteiger partial charge < -0.3 is 9.47 Å². The Labute approximate surface area is 119 Å². The van der Waals surface area contributed by atoms with Gasteiger partial charge >= 0.3 is 0 Å². The van der Waals surface area contributed by atoms with Crippen molar-refractivity contribution < 1.29 is 14.3 Å². The third-order valence-corrected chi connectivity index (χ3v) is 4.02. The van der Waals surface area contributed by atoms with E-state index in [0.29, 0.717) is 28.2 Å². The lowest BCUT2D eigenvalue weighted by Gasteiger charge is -2.18. The van der Waals surface area contributed by atoms with E-state index in [1.807, 2.05) is 18.2 Å². The van der Waals surface area contributed by atoms with E-state index in [2.05, 4.69) is 0 Å². The van der Waals surface area contributed by atoms with Crippen LogP contribution in [0.4, 0.5) is 0 Å². The van der Waals surface area contributed by atoms with Gasteiger partial charge in [0.2, 0.25) is 0 Å². The summed E-state index contributed by atoms with van der Waals surface area (Å²) < 4.78 is 11.3. The standard InChI is InChI=1S/C12H10N2O3S2/c13-14-11(15)10(19-12(14)18)6-7-1-2-8-9(5-7)17-4-3-16-8/h1-2,5-6H,3-4,13H2. The van der Waals surface area contributed by atoms with Gasteiger partial charge in [-0.25, -0.2) is 10.9 Å². The average Bonchev–Trinajstić information content (AvgIpc) is 2.66. The zero-order chi connectivity index (χ0) is 13.4. The Kier molecular flexibility index (Phi) is 3.17. The number of nitrogens with two attached hydrogens (primary N) is 1. The van der Waals surface area contributed by atoms with Gasteiger partial charge in [-0.15, -0.1) is 0 Å². The van der Waals surface area contributed by atoms with Crippen molar-refractivity contribution in [3.05, 3.63) is 28.7 Å². The monoisotopic (exact) mass is 294 g/mol. The number of carbonyl (C=O) groups is 1.